The van der Waals surface area contributed by atoms with Crippen LogP contribution in [0.1, 0.15) is 28.7 Å². The second-order valence-corrected chi connectivity index (χ2v) is 7.80. The van der Waals surface area contributed by atoms with E-state index in [1.807, 2.05) is 85.1 Å². The number of carbonyl (C=O) groups excluding carboxylic acids is 1. The van der Waals surface area contributed by atoms with Gasteiger partial charge in [0.15, 0.2) is 0 Å². The van der Waals surface area contributed by atoms with Gasteiger partial charge in [0.1, 0.15) is 24.2 Å². The third-order valence-electron chi connectivity index (χ3n) is 5.58. The number of aliphatic hydroxyl groups is 1. The lowest BCUT2D eigenvalue weighted by Crippen LogP contribution is -2.23. The molecule has 0 amide bonds. The lowest BCUT2D eigenvalue weighted by molar-refractivity contribution is -0.119. The molecule has 4 rings (SSSR count). The number of hydrogen-bond donors (Lipinski definition) is 2. The van der Waals surface area contributed by atoms with Gasteiger partial charge in [-0.05, 0) is 40.3 Å². The van der Waals surface area contributed by atoms with Crippen LogP contribution in [0.5, 0.6) is 5.75 Å². The standard InChI is InChI=1S/C27H26N2O3/c28-16-25(26(30)15-19-6-7-23-17-29-13-12-22(23)14-19)20-8-10-24(11-9-20)32-18-27(31)21-4-2-1-3-5-21/h1-14,17,25,27,31H,15-16,18,28H2. The fourth-order valence-corrected chi connectivity index (χ4v) is 3.76. The van der Waals surface area contributed by atoms with Crippen LogP contribution in [0, 0.1) is 0 Å². The second kappa shape index (κ2) is 10.2. The van der Waals surface area contributed by atoms with Gasteiger partial charge in [-0.15, -0.1) is 0 Å². The summed E-state index contributed by atoms with van der Waals surface area (Å²) in [7, 11) is 0. The van der Waals surface area contributed by atoms with Crippen LogP contribution in [0.25, 0.3) is 10.8 Å². The highest BCUT2D eigenvalue weighted by molar-refractivity contribution is 5.89. The summed E-state index contributed by atoms with van der Waals surface area (Å²) in [5.41, 5.74) is 8.59. The molecule has 3 N–H and O–H groups in total. The highest BCUT2D eigenvalue weighted by atomic mass is 16.5. The number of nitrogens with zero attached hydrogens (tertiary/aromatic N) is 1. The Labute approximate surface area is 187 Å². The Morgan fingerprint density at radius 1 is 0.938 bits per heavy atom. The summed E-state index contributed by atoms with van der Waals surface area (Å²) in [5, 5.41) is 12.4. The maximum Gasteiger partial charge on any atom is 0.145 e. The van der Waals surface area contributed by atoms with Crippen molar-refractivity contribution in [1.29, 1.82) is 0 Å². The zero-order chi connectivity index (χ0) is 22.3. The van der Waals surface area contributed by atoms with Crippen molar-refractivity contribution < 1.29 is 14.6 Å². The van der Waals surface area contributed by atoms with Crippen LogP contribution in [0.15, 0.2) is 91.3 Å². The van der Waals surface area contributed by atoms with Crippen molar-refractivity contribution >= 4 is 16.6 Å². The maximum absolute atomic E-state index is 13.0. The molecule has 5 nitrogen and oxygen atoms in total. The average molecular weight is 427 g/mol. The number of hydrogen-bond acceptors (Lipinski definition) is 5. The Morgan fingerprint density at radius 3 is 2.47 bits per heavy atom. The SMILES string of the molecule is NCC(C(=O)Cc1ccc2cnccc2c1)c1ccc(OCC(O)c2ccccc2)cc1. The van der Waals surface area contributed by atoms with Crippen molar-refractivity contribution in [3.63, 3.8) is 0 Å². The molecule has 1 heterocycles. The van der Waals surface area contributed by atoms with Crippen molar-refractivity contribution in [2.45, 2.75) is 18.4 Å². The Bertz CT molecular complexity index is 1180. The second-order valence-electron chi connectivity index (χ2n) is 7.80. The molecule has 162 valence electrons. The summed E-state index contributed by atoms with van der Waals surface area (Å²) in [5.74, 6) is 0.330. The highest BCUT2D eigenvalue weighted by Gasteiger charge is 2.19. The summed E-state index contributed by atoms with van der Waals surface area (Å²) in [6.07, 6.45) is 3.18. The van der Waals surface area contributed by atoms with E-state index in [4.69, 9.17) is 10.5 Å². The third-order valence-corrected chi connectivity index (χ3v) is 5.58. The minimum absolute atomic E-state index is 0.0778. The van der Waals surface area contributed by atoms with E-state index in [-0.39, 0.29) is 24.9 Å². The molecule has 0 fully saturated rings. The predicted octanol–water partition coefficient (Wildman–Crippen LogP) is 4.20. The van der Waals surface area contributed by atoms with Crippen molar-refractivity contribution in [2.24, 2.45) is 5.73 Å². The first kappa shape index (κ1) is 21.7. The molecular weight excluding hydrogens is 400 g/mol. The van der Waals surface area contributed by atoms with Gasteiger partial charge in [0.2, 0.25) is 0 Å². The molecule has 2 atom stereocenters. The Morgan fingerprint density at radius 2 is 1.72 bits per heavy atom. The minimum atomic E-state index is -0.702. The van der Waals surface area contributed by atoms with Crippen LogP contribution >= 0.6 is 0 Å². The van der Waals surface area contributed by atoms with Crippen LogP contribution < -0.4 is 10.5 Å². The zero-order valence-corrected chi connectivity index (χ0v) is 17.7. The van der Waals surface area contributed by atoms with Gasteiger partial charge in [-0.25, -0.2) is 0 Å². The van der Waals surface area contributed by atoms with Gasteiger partial charge in [-0.2, -0.15) is 0 Å². The molecule has 0 spiro atoms. The molecule has 0 saturated carbocycles. The molecule has 0 radical (unpaired) electrons. The molecule has 0 saturated heterocycles. The van der Waals surface area contributed by atoms with Gasteiger partial charge in [0, 0.05) is 30.7 Å². The van der Waals surface area contributed by atoms with Crippen molar-refractivity contribution in [1.82, 2.24) is 4.98 Å². The first-order chi connectivity index (χ1) is 15.6. The van der Waals surface area contributed by atoms with Gasteiger partial charge >= 0.3 is 0 Å². The largest absolute Gasteiger partial charge is 0.491 e. The number of carbonyl (C=O) groups is 1. The molecule has 0 bridgehead atoms. The number of benzene rings is 3. The minimum Gasteiger partial charge on any atom is -0.491 e. The van der Waals surface area contributed by atoms with E-state index in [1.165, 1.54) is 0 Å². The van der Waals surface area contributed by atoms with Gasteiger partial charge < -0.3 is 15.6 Å². The van der Waals surface area contributed by atoms with E-state index in [2.05, 4.69) is 4.98 Å². The van der Waals surface area contributed by atoms with Gasteiger partial charge in [-0.1, -0.05) is 60.7 Å². The Hall–Kier alpha value is -3.54. The number of Topliss-reactive ketones (excluding diaryl/α,β-unsaturated/α-hetero) is 1. The number of ether oxygens (including phenoxy) is 1. The molecule has 32 heavy (non-hydrogen) atoms. The summed E-state index contributed by atoms with van der Waals surface area (Å²) in [6.45, 7) is 0.392. The quantitative estimate of drug-likeness (QED) is 0.419. The smallest absolute Gasteiger partial charge is 0.145 e. The normalized spacial score (nSPS) is 12.9. The molecule has 0 aliphatic carbocycles. The van der Waals surface area contributed by atoms with E-state index in [0.29, 0.717) is 12.2 Å². The summed E-state index contributed by atoms with van der Waals surface area (Å²) < 4.78 is 5.72. The van der Waals surface area contributed by atoms with Gasteiger partial charge in [0.05, 0.1) is 5.92 Å². The van der Waals surface area contributed by atoms with E-state index in [1.54, 1.807) is 6.20 Å². The fraction of sp³-hybridized carbons (Fsp3) is 0.185. The van der Waals surface area contributed by atoms with Crippen molar-refractivity contribution in [2.75, 3.05) is 13.2 Å². The molecular formula is C27H26N2O3. The van der Waals surface area contributed by atoms with Crippen molar-refractivity contribution in [3.8, 4) is 5.75 Å². The lowest BCUT2D eigenvalue weighted by atomic mass is 9.90. The average Bonchev–Trinajstić information content (AvgIpc) is 2.84. The maximum atomic E-state index is 13.0. The third kappa shape index (κ3) is 5.19. The highest BCUT2D eigenvalue weighted by Crippen LogP contribution is 2.23. The van der Waals surface area contributed by atoms with Crippen LogP contribution in [0.3, 0.4) is 0 Å². The lowest BCUT2D eigenvalue weighted by Gasteiger charge is -2.16. The molecule has 4 aromatic rings. The summed E-state index contributed by atoms with van der Waals surface area (Å²) in [4.78, 5) is 17.1. The van der Waals surface area contributed by atoms with Gasteiger partial charge in [-0.3, -0.25) is 9.78 Å². The van der Waals surface area contributed by atoms with Crippen molar-refractivity contribution in [3.05, 3.63) is 108 Å². The van der Waals surface area contributed by atoms with E-state index in [0.717, 1.165) is 27.5 Å². The predicted molar refractivity (Wildman–Crippen MR) is 126 cm³/mol. The van der Waals surface area contributed by atoms with Gasteiger partial charge in [0.25, 0.3) is 0 Å². The van der Waals surface area contributed by atoms with Crippen LogP contribution in [-0.2, 0) is 11.2 Å². The molecule has 2 unspecified atom stereocenters. The van der Waals surface area contributed by atoms with E-state index < -0.39 is 6.10 Å². The topological polar surface area (TPSA) is 85.4 Å². The number of aromatic nitrogens is 1. The molecule has 0 aliphatic rings. The van der Waals surface area contributed by atoms with Crippen LogP contribution in [0.4, 0.5) is 0 Å². The van der Waals surface area contributed by atoms with Crippen LogP contribution in [-0.4, -0.2) is 29.0 Å². The molecule has 0 aliphatic heterocycles. The Kier molecular flexibility index (Phi) is 6.90. The number of ketones is 1. The van der Waals surface area contributed by atoms with Crippen LogP contribution in [0.2, 0.25) is 0 Å². The number of nitrogens with two attached hydrogens (primary N) is 1. The van der Waals surface area contributed by atoms with E-state index in [9.17, 15) is 9.90 Å². The number of rotatable bonds is 9. The molecule has 5 heteroatoms. The fourth-order valence-electron chi connectivity index (χ4n) is 3.76. The molecule has 3 aromatic carbocycles. The number of aliphatic hydroxyl groups excluding tert-OH is 1. The first-order valence-electron chi connectivity index (χ1n) is 10.7. The molecule has 1 aromatic heterocycles. The summed E-state index contributed by atoms with van der Waals surface area (Å²) >= 11 is 0. The first-order valence-corrected chi connectivity index (χ1v) is 10.7. The monoisotopic (exact) mass is 426 g/mol. The summed E-state index contributed by atoms with van der Waals surface area (Å²) in [6, 6.07) is 24.7. The Balaban J connectivity index is 1.39. The number of fused-ring (bicyclic) bond motifs is 1. The zero-order valence-electron chi connectivity index (χ0n) is 17.7. The number of pyridine rings is 1. The van der Waals surface area contributed by atoms with E-state index >= 15 is 0 Å².